The van der Waals surface area contributed by atoms with Crippen LogP contribution in [0.5, 0.6) is 0 Å². The van der Waals surface area contributed by atoms with Crippen molar-refractivity contribution in [2.45, 2.75) is 32.6 Å². The van der Waals surface area contributed by atoms with Crippen molar-refractivity contribution in [2.75, 3.05) is 0 Å². The van der Waals surface area contributed by atoms with Crippen LogP contribution in [0.15, 0.2) is 18.5 Å². The summed E-state index contributed by atoms with van der Waals surface area (Å²) in [7, 11) is 0. The first-order chi connectivity index (χ1) is 9.93. The molecule has 112 valence electrons. The fourth-order valence-electron chi connectivity index (χ4n) is 2.04. The predicted octanol–water partition coefficient (Wildman–Crippen LogP) is 0.704. The van der Waals surface area contributed by atoms with Gasteiger partial charge in [-0.1, -0.05) is 6.92 Å². The minimum Gasteiger partial charge on any atom is -0.543 e. The number of nitrogens with zero attached hydrogens (tertiary/aromatic N) is 2. The van der Waals surface area contributed by atoms with Gasteiger partial charge in [0.2, 0.25) is 0 Å². The van der Waals surface area contributed by atoms with Gasteiger partial charge in [-0.05, 0) is 25.0 Å². The van der Waals surface area contributed by atoms with Crippen molar-refractivity contribution in [3.63, 3.8) is 0 Å². The number of hydrogen-bond donors (Lipinski definition) is 2. The Morgan fingerprint density at radius 1 is 1.52 bits per heavy atom. The summed E-state index contributed by atoms with van der Waals surface area (Å²) >= 11 is 0. The average molecular weight is 290 g/mol. The van der Waals surface area contributed by atoms with E-state index in [9.17, 15) is 14.7 Å². The smallest absolute Gasteiger partial charge is 0.310 e. The molecule has 0 aromatic carbocycles. The minimum atomic E-state index is -1.35. The number of carbonyl (C=O) groups is 2. The van der Waals surface area contributed by atoms with Gasteiger partial charge in [0, 0.05) is 18.8 Å². The van der Waals surface area contributed by atoms with Crippen LogP contribution in [0.4, 0.5) is 0 Å². The second-order valence-electron chi connectivity index (χ2n) is 4.83. The van der Waals surface area contributed by atoms with E-state index in [0.717, 1.165) is 6.42 Å². The monoisotopic (exact) mass is 290 g/mol. The molecule has 21 heavy (non-hydrogen) atoms. The van der Waals surface area contributed by atoms with Crippen molar-refractivity contribution in [2.24, 2.45) is 0 Å². The topological polar surface area (TPSA) is 111 Å². The highest BCUT2D eigenvalue weighted by Gasteiger charge is 2.17. The lowest BCUT2D eigenvalue weighted by Crippen LogP contribution is -2.24. The van der Waals surface area contributed by atoms with Gasteiger partial charge in [-0.2, -0.15) is 0 Å². The van der Waals surface area contributed by atoms with Crippen LogP contribution in [0.2, 0.25) is 0 Å². The van der Waals surface area contributed by atoms with Crippen LogP contribution in [0.25, 0.3) is 5.82 Å². The lowest BCUT2D eigenvalue weighted by atomic mass is 10.1. The second-order valence-corrected chi connectivity index (χ2v) is 4.83. The van der Waals surface area contributed by atoms with Gasteiger partial charge < -0.3 is 24.6 Å². The molecular formula is C14H16N3O4-. The van der Waals surface area contributed by atoms with Gasteiger partial charge in [0.05, 0.1) is 11.9 Å². The molecule has 0 aliphatic carbocycles. The first-order valence-electron chi connectivity index (χ1n) is 6.65. The van der Waals surface area contributed by atoms with E-state index in [-0.39, 0.29) is 11.5 Å². The molecule has 2 aromatic heterocycles. The maximum Gasteiger partial charge on any atom is 0.310 e. The Morgan fingerprint density at radius 2 is 2.24 bits per heavy atom. The van der Waals surface area contributed by atoms with Crippen LogP contribution in [-0.4, -0.2) is 31.6 Å². The maximum absolute atomic E-state index is 11.2. The van der Waals surface area contributed by atoms with Gasteiger partial charge in [0.15, 0.2) is 5.82 Å². The van der Waals surface area contributed by atoms with Crippen LogP contribution < -0.4 is 5.11 Å². The summed E-state index contributed by atoms with van der Waals surface area (Å²) in [5, 5.41) is 20.2. The van der Waals surface area contributed by atoms with Gasteiger partial charge in [-0.25, -0.2) is 4.98 Å². The molecule has 2 heterocycles. The Balaban J connectivity index is 2.41. The molecule has 0 spiro atoms. The first-order valence-corrected chi connectivity index (χ1v) is 6.65. The molecule has 2 rings (SSSR count). The molecule has 2 aromatic rings. The summed E-state index contributed by atoms with van der Waals surface area (Å²) < 4.78 is 1.50. The molecule has 7 heteroatoms. The Morgan fingerprint density at radius 3 is 2.81 bits per heavy atom. The van der Waals surface area contributed by atoms with E-state index in [1.807, 2.05) is 6.92 Å². The quantitative estimate of drug-likeness (QED) is 0.813. The maximum atomic E-state index is 11.2. The zero-order chi connectivity index (χ0) is 15.6. The van der Waals surface area contributed by atoms with E-state index in [0.29, 0.717) is 17.8 Å². The van der Waals surface area contributed by atoms with E-state index in [1.54, 1.807) is 25.4 Å². The molecule has 0 radical (unpaired) electrons. The zero-order valence-electron chi connectivity index (χ0n) is 11.8. The fraction of sp³-hybridized carbons (Fsp3) is 0.357. The fourth-order valence-corrected chi connectivity index (χ4v) is 2.04. The highest BCUT2D eigenvalue weighted by Crippen LogP contribution is 2.20. The minimum absolute atomic E-state index is 0.108. The molecule has 0 saturated carbocycles. The van der Waals surface area contributed by atoms with E-state index >= 15 is 0 Å². The molecule has 0 amide bonds. The summed E-state index contributed by atoms with van der Waals surface area (Å²) in [4.78, 5) is 29.1. The van der Waals surface area contributed by atoms with E-state index in [4.69, 9.17) is 5.11 Å². The molecular weight excluding hydrogens is 274 g/mol. The number of carboxylic acid groups (broad SMARTS) is 2. The van der Waals surface area contributed by atoms with Crippen molar-refractivity contribution in [1.29, 1.82) is 0 Å². The number of aliphatic carboxylic acids is 1. The third-order valence-corrected chi connectivity index (χ3v) is 3.26. The Kier molecular flexibility index (Phi) is 4.11. The van der Waals surface area contributed by atoms with Gasteiger partial charge >= 0.3 is 5.97 Å². The SMILES string of the molecule is CCCc1nc(-n2ccc(C(C)C(=O)O)c2)c(C(=O)[O-])[nH]1. The first kappa shape index (κ1) is 14.8. The number of rotatable bonds is 6. The number of aryl methyl sites for hydroxylation is 1. The number of H-pyrrole nitrogens is 1. The lowest BCUT2D eigenvalue weighted by molar-refractivity contribution is -0.255. The zero-order valence-corrected chi connectivity index (χ0v) is 11.8. The van der Waals surface area contributed by atoms with Crippen molar-refractivity contribution in [3.8, 4) is 5.82 Å². The molecule has 0 aliphatic heterocycles. The molecule has 2 N–H and O–H groups in total. The van der Waals surface area contributed by atoms with Crippen LogP contribution in [0.3, 0.4) is 0 Å². The van der Waals surface area contributed by atoms with Crippen LogP contribution in [0, 0.1) is 0 Å². The van der Waals surface area contributed by atoms with Crippen LogP contribution in [0.1, 0.15) is 48.1 Å². The molecule has 0 aliphatic rings. The number of aromatic carboxylic acids is 1. The van der Waals surface area contributed by atoms with Crippen molar-refractivity contribution in [3.05, 3.63) is 35.5 Å². The van der Waals surface area contributed by atoms with Crippen molar-refractivity contribution in [1.82, 2.24) is 14.5 Å². The molecule has 0 saturated heterocycles. The number of aromatic amines is 1. The molecule has 1 unspecified atom stereocenters. The number of hydrogen-bond acceptors (Lipinski definition) is 4. The largest absolute Gasteiger partial charge is 0.543 e. The molecule has 7 nitrogen and oxygen atoms in total. The Bertz CT molecular complexity index is 672. The summed E-state index contributed by atoms with van der Waals surface area (Å²) in [5.41, 5.74) is 0.468. The third kappa shape index (κ3) is 2.96. The van der Waals surface area contributed by atoms with Crippen LogP contribution in [-0.2, 0) is 11.2 Å². The third-order valence-electron chi connectivity index (χ3n) is 3.26. The molecule has 0 bridgehead atoms. The summed E-state index contributed by atoms with van der Waals surface area (Å²) in [5.74, 6) is -2.19. The normalized spacial score (nSPS) is 12.3. The second kappa shape index (κ2) is 5.82. The van der Waals surface area contributed by atoms with Crippen molar-refractivity contribution < 1.29 is 19.8 Å². The Hall–Kier alpha value is -2.57. The number of imidazole rings is 1. The van der Waals surface area contributed by atoms with Gasteiger partial charge in [0.25, 0.3) is 0 Å². The number of nitrogens with one attached hydrogen (secondary N) is 1. The number of carbonyl (C=O) groups excluding carboxylic acids is 1. The van der Waals surface area contributed by atoms with Crippen molar-refractivity contribution >= 4 is 11.9 Å². The van der Waals surface area contributed by atoms with E-state index in [2.05, 4.69) is 9.97 Å². The highest BCUT2D eigenvalue weighted by atomic mass is 16.4. The van der Waals surface area contributed by atoms with E-state index in [1.165, 1.54) is 4.57 Å². The standard InChI is InChI=1S/C14H17N3O4/c1-3-4-10-15-11(14(20)21)12(16-10)17-6-5-9(7-17)8(2)13(18)19/h5-8H,3-4H2,1-2H3,(H,15,16)(H,18,19)(H,20,21)/p-1. The lowest BCUT2D eigenvalue weighted by Gasteiger charge is -2.05. The van der Waals surface area contributed by atoms with Gasteiger partial charge in [0.1, 0.15) is 11.5 Å². The van der Waals surface area contributed by atoms with E-state index < -0.39 is 17.9 Å². The summed E-state index contributed by atoms with van der Waals surface area (Å²) in [6, 6.07) is 1.63. The average Bonchev–Trinajstić information content (AvgIpc) is 3.03. The number of aromatic nitrogens is 3. The summed E-state index contributed by atoms with van der Waals surface area (Å²) in [6.45, 7) is 3.53. The number of carboxylic acids is 2. The summed E-state index contributed by atoms with van der Waals surface area (Å²) in [6.07, 6.45) is 4.61. The predicted molar refractivity (Wildman–Crippen MR) is 72.3 cm³/mol. The van der Waals surface area contributed by atoms with Crippen LogP contribution >= 0.6 is 0 Å². The highest BCUT2D eigenvalue weighted by molar-refractivity contribution is 5.87. The van der Waals surface area contributed by atoms with Gasteiger partial charge in [-0.15, -0.1) is 0 Å². The molecule has 0 fully saturated rings. The van der Waals surface area contributed by atoms with Gasteiger partial charge in [-0.3, -0.25) is 4.79 Å². The molecule has 1 atom stereocenters. The Labute approximate surface area is 121 Å².